The van der Waals surface area contributed by atoms with E-state index in [9.17, 15) is 4.79 Å². The van der Waals surface area contributed by atoms with Crippen LogP contribution < -0.4 is 10.2 Å². The predicted octanol–water partition coefficient (Wildman–Crippen LogP) is 2.08. The molecule has 3 aromatic rings. The normalized spacial score (nSPS) is 14.6. The second-order valence-electron chi connectivity index (χ2n) is 6.02. The average Bonchev–Trinajstić information content (AvgIpc) is 2.93. The first-order valence-corrected chi connectivity index (χ1v) is 8.09. The molecule has 128 valence electrons. The first-order valence-electron chi connectivity index (χ1n) is 8.09. The van der Waals surface area contributed by atoms with Crippen LogP contribution in [-0.2, 0) is 13.1 Å². The third-order valence-electron chi connectivity index (χ3n) is 4.30. The van der Waals surface area contributed by atoms with E-state index in [1.165, 1.54) is 0 Å². The van der Waals surface area contributed by atoms with Crippen molar-refractivity contribution < 1.29 is 14.7 Å². The number of aromatic nitrogens is 2. The highest BCUT2D eigenvalue weighted by Gasteiger charge is 2.18. The van der Waals surface area contributed by atoms with Gasteiger partial charge in [-0.15, -0.1) is 0 Å². The number of nitrogens with zero attached hydrogens (tertiary/aromatic N) is 2. The van der Waals surface area contributed by atoms with Gasteiger partial charge in [0.2, 0.25) is 0 Å². The Hall–Kier alpha value is -2.90. The molecule has 0 fully saturated rings. The third-order valence-corrected chi connectivity index (χ3v) is 4.30. The molecule has 1 aromatic heterocycles. The van der Waals surface area contributed by atoms with Crippen molar-refractivity contribution in [1.82, 2.24) is 20.3 Å². The highest BCUT2D eigenvalue weighted by Crippen LogP contribution is 2.25. The summed E-state index contributed by atoms with van der Waals surface area (Å²) in [6.07, 6.45) is 0. The molecule has 0 atom stereocenters. The van der Waals surface area contributed by atoms with Gasteiger partial charge in [0, 0.05) is 24.2 Å². The Bertz CT molecular complexity index is 889. The number of H-pyrrole nitrogens is 1. The molecule has 0 saturated heterocycles. The number of hydroxylamine groups is 1. The molecular formula is C18H18N4O3. The standard InChI is InChI=1S/C18H18N4O3/c23-18(21-24)12-5-6-16-13(9-12)10-22(7-8-25-16)11-17-19-14-3-1-2-4-15(14)20-17/h1-6,9,24H,7-8,10-11H2,(H,19,20)(H,21,23). The molecule has 0 spiro atoms. The Morgan fingerprint density at radius 1 is 1.32 bits per heavy atom. The monoisotopic (exact) mass is 338 g/mol. The van der Waals surface area contributed by atoms with Gasteiger partial charge < -0.3 is 9.72 Å². The zero-order valence-corrected chi connectivity index (χ0v) is 13.5. The Morgan fingerprint density at radius 3 is 3.04 bits per heavy atom. The van der Waals surface area contributed by atoms with Crippen molar-refractivity contribution in [2.75, 3.05) is 13.2 Å². The van der Waals surface area contributed by atoms with Crippen molar-refractivity contribution in [1.29, 1.82) is 0 Å². The number of carbonyl (C=O) groups is 1. The first-order chi connectivity index (χ1) is 12.2. The minimum Gasteiger partial charge on any atom is -0.492 e. The van der Waals surface area contributed by atoms with Crippen LogP contribution in [0.4, 0.5) is 0 Å². The number of imidazole rings is 1. The zero-order chi connectivity index (χ0) is 17.2. The molecule has 1 aliphatic rings. The highest BCUT2D eigenvalue weighted by molar-refractivity contribution is 5.93. The summed E-state index contributed by atoms with van der Waals surface area (Å²) >= 11 is 0. The number of benzene rings is 2. The number of aromatic amines is 1. The fraction of sp³-hybridized carbons (Fsp3) is 0.222. The molecule has 0 unspecified atom stereocenters. The first kappa shape index (κ1) is 15.6. The summed E-state index contributed by atoms with van der Waals surface area (Å²) in [7, 11) is 0. The maximum Gasteiger partial charge on any atom is 0.274 e. The van der Waals surface area contributed by atoms with Gasteiger partial charge >= 0.3 is 0 Å². The molecule has 4 rings (SSSR count). The lowest BCUT2D eigenvalue weighted by Crippen LogP contribution is -2.26. The van der Waals surface area contributed by atoms with Crippen LogP contribution in [0.5, 0.6) is 5.75 Å². The van der Waals surface area contributed by atoms with Crippen LogP contribution in [0.15, 0.2) is 42.5 Å². The van der Waals surface area contributed by atoms with E-state index in [0.717, 1.165) is 34.7 Å². The van der Waals surface area contributed by atoms with Crippen molar-refractivity contribution >= 4 is 16.9 Å². The Labute approximate surface area is 144 Å². The molecule has 1 amide bonds. The van der Waals surface area contributed by atoms with Crippen LogP contribution in [0.2, 0.25) is 0 Å². The maximum absolute atomic E-state index is 11.6. The molecule has 0 aliphatic carbocycles. The minimum atomic E-state index is -0.532. The van der Waals surface area contributed by atoms with Crippen molar-refractivity contribution in [3.05, 3.63) is 59.4 Å². The van der Waals surface area contributed by atoms with Crippen LogP contribution in [0.25, 0.3) is 11.0 Å². The van der Waals surface area contributed by atoms with Crippen molar-refractivity contribution in [2.45, 2.75) is 13.1 Å². The molecule has 7 heteroatoms. The summed E-state index contributed by atoms with van der Waals surface area (Å²) in [6, 6.07) is 13.1. The third kappa shape index (κ3) is 3.19. The Kier molecular flexibility index (Phi) is 4.09. The molecule has 2 heterocycles. The van der Waals surface area contributed by atoms with E-state index >= 15 is 0 Å². The smallest absolute Gasteiger partial charge is 0.274 e. The fourth-order valence-electron chi connectivity index (χ4n) is 3.08. The SMILES string of the molecule is O=C(NO)c1ccc2c(c1)CN(Cc1nc3ccccc3[nH]1)CCO2. The lowest BCUT2D eigenvalue weighted by atomic mass is 10.1. The summed E-state index contributed by atoms with van der Waals surface area (Å²) in [4.78, 5) is 21.8. The van der Waals surface area contributed by atoms with E-state index in [-0.39, 0.29) is 0 Å². The van der Waals surface area contributed by atoms with Gasteiger partial charge in [-0.05, 0) is 30.3 Å². The van der Waals surface area contributed by atoms with Gasteiger partial charge in [-0.3, -0.25) is 14.9 Å². The molecule has 0 saturated carbocycles. The van der Waals surface area contributed by atoms with E-state index in [1.54, 1.807) is 23.7 Å². The van der Waals surface area contributed by atoms with Gasteiger partial charge in [0.1, 0.15) is 18.2 Å². The average molecular weight is 338 g/mol. The molecule has 3 N–H and O–H groups in total. The van der Waals surface area contributed by atoms with Crippen LogP contribution >= 0.6 is 0 Å². The van der Waals surface area contributed by atoms with Gasteiger partial charge in [-0.2, -0.15) is 0 Å². The van der Waals surface area contributed by atoms with Gasteiger partial charge in [0.25, 0.3) is 5.91 Å². The number of ether oxygens (including phenoxy) is 1. The van der Waals surface area contributed by atoms with E-state index < -0.39 is 5.91 Å². The van der Waals surface area contributed by atoms with Crippen LogP contribution in [-0.4, -0.2) is 39.1 Å². The Morgan fingerprint density at radius 2 is 2.20 bits per heavy atom. The molecule has 0 bridgehead atoms. The number of nitrogens with one attached hydrogen (secondary N) is 2. The van der Waals surface area contributed by atoms with Gasteiger partial charge in [0.15, 0.2) is 0 Å². The molecular weight excluding hydrogens is 320 g/mol. The Balaban J connectivity index is 1.56. The van der Waals surface area contributed by atoms with E-state index in [1.807, 2.05) is 24.3 Å². The molecule has 2 aromatic carbocycles. The van der Waals surface area contributed by atoms with Gasteiger partial charge in [-0.1, -0.05) is 12.1 Å². The van der Waals surface area contributed by atoms with Crippen LogP contribution in [0, 0.1) is 0 Å². The summed E-state index contributed by atoms with van der Waals surface area (Å²) in [6.45, 7) is 2.62. The van der Waals surface area contributed by atoms with E-state index in [2.05, 4.69) is 14.9 Å². The number of rotatable bonds is 3. The predicted molar refractivity (Wildman–Crippen MR) is 91.4 cm³/mol. The summed E-state index contributed by atoms with van der Waals surface area (Å²) in [5.41, 5.74) is 4.94. The van der Waals surface area contributed by atoms with Crippen molar-refractivity contribution in [3.63, 3.8) is 0 Å². The van der Waals surface area contributed by atoms with Gasteiger partial charge in [0.05, 0.1) is 17.6 Å². The topological polar surface area (TPSA) is 90.5 Å². The molecule has 25 heavy (non-hydrogen) atoms. The highest BCUT2D eigenvalue weighted by atomic mass is 16.5. The lowest BCUT2D eigenvalue weighted by molar-refractivity contribution is 0.0706. The van der Waals surface area contributed by atoms with Crippen molar-refractivity contribution in [3.8, 4) is 5.75 Å². The number of carbonyl (C=O) groups excluding carboxylic acids is 1. The number of amides is 1. The van der Waals surface area contributed by atoms with Crippen molar-refractivity contribution in [2.24, 2.45) is 0 Å². The van der Waals surface area contributed by atoms with E-state index in [0.29, 0.717) is 25.3 Å². The number of fused-ring (bicyclic) bond motifs is 2. The van der Waals surface area contributed by atoms with Crippen LogP contribution in [0.3, 0.4) is 0 Å². The largest absolute Gasteiger partial charge is 0.492 e. The number of para-hydroxylation sites is 2. The lowest BCUT2D eigenvalue weighted by Gasteiger charge is -2.17. The second kappa shape index (κ2) is 6.54. The molecule has 7 nitrogen and oxygen atoms in total. The maximum atomic E-state index is 11.6. The van der Waals surface area contributed by atoms with E-state index in [4.69, 9.17) is 9.94 Å². The summed E-state index contributed by atoms with van der Waals surface area (Å²) in [5.74, 6) is 1.13. The van der Waals surface area contributed by atoms with Gasteiger partial charge in [-0.25, -0.2) is 10.5 Å². The zero-order valence-electron chi connectivity index (χ0n) is 13.5. The quantitative estimate of drug-likeness (QED) is 0.502. The minimum absolute atomic E-state index is 0.399. The second-order valence-corrected chi connectivity index (χ2v) is 6.02. The molecule has 0 radical (unpaired) electrons. The molecule has 1 aliphatic heterocycles. The number of hydrogen-bond acceptors (Lipinski definition) is 5. The summed E-state index contributed by atoms with van der Waals surface area (Å²) in [5, 5.41) is 8.81. The van der Waals surface area contributed by atoms with Crippen LogP contribution in [0.1, 0.15) is 21.7 Å². The summed E-state index contributed by atoms with van der Waals surface area (Å²) < 4.78 is 5.78. The number of hydrogen-bond donors (Lipinski definition) is 3. The fourth-order valence-corrected chi connectivity index (χ4v) is 3.08.